The van der Waals surface area contributed by atoms with Crippen LogP contribution in [0.4, 0.5) is 0 Å². The molecular formula is C47H32N2O. The largest absolute Gasteiger partial charge is 0.309 e. The molecule has 1 aliphatic rings. The van der Waals surface area contributed by atoms with Crippen LogP contribution < -0.4 is 0 Å². The summed E-state index contributed by atoms with van der Waals surface area (Å²) < 4.78 is 4.36. The molecule has 3 nitrogen and oxygen atoms in total. The fourth-order valence-corrected chi connectivity index (χ4v) is 8.48. The minimum Gasteiger partial charge on any atom is -0.309 e. The van der Waals surface area contributed by atoms with Crippen LogP contribution >= 0.6 is 0 Å². The zero-order valence-corrected chi connectivity index (χ0v) is 27.5. The van der Waals surface area contributed by atoms with Crippen molar-refractivity contribution in [3.8, 4) is 27.9 Å². The standard InChI is InChI=1S/C47H32N2O/c1-47(34-17-7-3-8-18-34)40-23-13-11-22-37(40)46(50)49-43-27-25-32(31-15-5-2-6-16-31)29-39(43)44(45(47)49)33-26-28-42-38(30-33)36-21-12-14-24-41(36)48(42)35-19-9-4-10-20-35/h2-30H,1H3. The van der Waals surface area contributed by atoms with Gasteiger partial charge in [0.1, 0.15) is 0 Å². The van der Waals surface area contributed by atoms with E-state index in [1.165, 1.54) is 16.3 Å². The molecule has 1 unspecified atom stereocenters. The number of carbonyl (C=O) groups is 1. The third-order valence-electron chi connectivity index (χ3n) is 10.8. The lowest BCUT2D eigenvalue weighted by Crippen LogP contribution is -2.38. The summed E-state index contributed by atoms with van der Waals surface area (Å²) in [6.07, 6.45) is 0. The Hall–Kier alpha value is -6.45. The van der Waals surface area contributed by atoms with E-state index < -0.39 is 5.41 Å². The van der Waals surface area contributed by atoms with Gasteiger partial charge in [0.2, 0.25) is 0 Å². The van der Waals surface area contributed by atoms with Crippen molar-refractivity contribution in [2.45, 2.75) is 12.3 Å². The van der Waals surface area contributed by atoms with E-state index in [-0.39, 0.29) is 5.91 Å². The summed E-state index contributed by atoms with van der Waals surface area (Å²) in [4.78, 5) is 14.7. The molecule has 0 bridgehead atoms. The Morgan fingerprint density at radius 2 is 1.04 bits per heavy atom. The zero-order chi connectivity index (χ0) is 33.4. The van der Waals surface area contributed by atoms with Gasteiger partial charge >= 0.3 is 0 Å². The number of rotatable bonds is 4. The van der Waals surface area contributed by atoms with Gasteiger partial charge in [-0.15, -0.1) is 0 Å². The molecule has 50 heavy (non-hydrogen) atoms. The molecule has 9 aromatic rings. The molecule has 236 valence electrons. The van der Waals surface area contributed by atoms with Crippen LogP contribution in [0.1, 0.15) is 34.1 Å². The van der Waals surface area contributed by atoms with Crippen molar-refractivity contribution in [2.24, 2.45) is 0 Å². The number of fused-ring (bicyclic) bond motifs is 7. The molecule has 1 atom stereocenters. The van der Waals surface area contributed by atoms with Gasteiger partial charge in [-0.1, -0.05) is 127 Å². The highest BCUT2D eigenvalue weighted by molar-refractivity contribution is 6.15. The van der Waals surface area contributed by atoms with Crippen molar-refractivity contribution >= 4 is 38.6 Å². The first-order valence-electron chi connectivity index (χ1n) is 17.2. The van der Waals surface area contributed by atoms with Gasteiger partial charge in [-0.3, -0.25) is 9.36 Å². The van der Waals surface area contributed by atoms with Crippen LogP contribution in [0.15, 0.2) is 176 Å². The molecule has 0 spiro atoms. The number of benzene rings is 7. The maximum Gasteiger partial charge on any atom is 0.262 e. The maximum atomic E-state index is 14.7. The molecular weight excluding hydrogens is 609 g/mol. The summed E-state index contributed by atoms with van der Waals surface area (Å²) in [6.45, 7) is 2.29. The molecule has 3 heterocycles. The van der Waals surface area contributed by atoms with Gasteiger partial charge in [-0.25, -0.2) is 0 Å². The summed E-state index contributed by atoms with van der Waals surface area (Å²) in [6, 6.07) is 62.0. The van der Waals surface area contributed by atoms with Gasteiger partial charge in [0.15, 0.2) is 0 Å². The second-order valence-electron chi connectivity index (χ2n) is 13.4. The van der Waals surface area contributed by atoms with E-state index >= 15 is 0 Å². The normalized spacial score (nSPS) is 15.4. The van der Waals surface area contributed by atoms with Gasteiger partial charge in [0.05, 0.1) is 22.0 Å². The van der Waals surface area contributed by atoms with Crippen molar-refractivity contribution in [3.63, 3.8) is 0 Å². The fourth-order valence-electron chi connectivity index (χ4n) is 8.48. The predicted octanol–water partition coefficient (Wildman–Crippen LogP) is 11.4. The molecule has 0 amide bonds. The highest BCUT2D eigenvalue weighted by Crippen LogP contribution is 2.52. The quantitative estimate of drug-likeness (QED) is 0.188. The van der Waals surface area contributed by atoms with Crippen molar-refractivity contribution in [1.29, 1.82) is 0 Å². The Morgan fingerprint density at radius 1 is 0.460 bits per heavy atom. The summed E-state index contributed by atoms with van der Waals surface area (Å²) in [7, 11) is 0. The van der Waals surface area contributed by atoms with E-state index in [1.54, 1.807) is 0 Å². The van der Waals surface area contributed by atoms with E-state index in [2.05, 4.69) is 169 Å². The minimum absolute atomic E-state index is 0.00877. The van der Waals surface area contributed by atoms with Crippen LogP contribution in [0.2, 0.25) is 0 Å². The number of hydrogen-bond acceptors (Lipinski definition) is 1. The van der Waals surface area contributed by atoms with Crippen LogP contribution in [0.5, 0.6) is 0 Å². The first kappa shape index (κ1) is 28.6. The van der Waals surface area contributed by atoms with Crippen LogP contribution in [0.25, 0.3) is 60.6 Å². The van der Waals surface area contributed by atoms with Gasteiger partial charge in [0.25, 0.3) is 5.91 Å². The van der Waals surface area contributed by atoms with Gasteiger partial charge in [-0.2, -0.15) is 0 Å². The topological polar surface area (TPSA) is 26.9 Å². The van der Waals surface area contributed by atoms with E-state index in [0.717, 1.165) is 66.7 Å². The number of aromatic nitrogens is 2. The lowest BCUT2D eigenvalue weighted by atomic mass is 9.68. The first-order chi connectivity index (χ1) is 24.6. The van der Waals surface area contributed by atoms with Crippen molar-refractivity contribution < 1.29 is 4.79 Å². The molecule has 2 aromatic heterocycles. The first-order valence-corrected chi connectivity index (χ1v) is 17.2. The van der Waals surface area contributed by atoms with Gasteiger partial charge in [0, 0.05) is 38.7 Å². The number of hydrogen-bond donors (Lipinski definition) is 0. The van der Waals surface area contributed by atoms with Crippen molar-refractivity contribution in [2.75, 3.05) is 0 Å². The van der Waals surface area contributed by atoms with Crippen LogP contribution in [0, 0.1) is 0 Å². The lowest BCUT2D eigenvalue weighted by Gasteiger charge is -2.38. The molecule has 1 aliphatic heterocycles. The summed E-state index contributed by atoms with van der Waals surface area (Å²) in [5.41, 5.74) is 12.1. The molecule has 0 saturated heterocycles. The van der Waals surface area contributed by atoms with Crippen molar-refractivity contribution in [1.82, 2.24) is 9.13 Å². The summed E-state index contributed by atoms with van der Waals surface area (Å²) >= 11 is 0. The average Bonchev–Trinajstić information content (AvgIpc) is 3.71. The summed E-state index contributed by atoms with van der Waals surface area (Å²) in [5, 5.41) is 3.44. The molecule has 0 fully saturated rings. The zero-order valence-electron chi connectivity index (χ0n) is 27.5. The molecule has 10 rings (SSSR count). The SMILES string of the molecule is CC1(c2ccccc2)c2ccccc2C(=O)n2c1c(-c1ccc3c(c1)c1ccccc1n3-c1ccccc1)c1cc(-c3ccccc3)ccc12. The molecule has 7 aromatic carbocycles. The number of carbonyl (C=O) groups excluding carboxylic acids is 1. The lowest BCUT2D eigenvalue weighted by molar-refractivity contribution is 0.0951. The van der Waals surface area contributed by atoms with E-state index in [1.807, 2.05) is 22.8 Å². The third-order valence-corrected chi connectivity index (χ3v) is 10.8. The number of para-hydroxylation sites is 2. The smallest absolute Gasteiger partial charge is 0.262 e. The average molecular weight is 641 g/mol. The molecule has 3 heteroatoms. The fraction of sp³-hybridized carbons (Fsp3) is 0.0426. The highest BCUT2D eigenvalue weighted by atomic mass is 16.2. The highest BCUT2D eigenvalue weighted by Gasteiger charge is 2.45. The Kier molecular flexibility index (Phi) is 6.16. The van der Waals surface area contributed by atoms with Gasteiger partial charge < -0.3 is 4.57 Å². The van der Waals surface area contributed by atoms with Crippen LogP contribution in [0.3, 0.4) is 0 Å². The van der Waals surface area contributed by atoms with Crippen LogP contribution in [-0.4, -0.2) is 15.0 Å². The molecule has 0 N–H and O–H groups in total. The molecule has 0 radical (unpaired) electrons. The third kappa shape index (κ3) is 3.95. The van der Waals surface area contributed by atoms with Crippen molar-refractivity contribution in [3.05, 3.63) is 198 Å². The van der Waals surface area contributed by atoms with E-state index in [4.69, 9.17) is 0 Å². The molecule has 0 aliphatic carbocycles. The second kappa shape index (κ2) is 10.8. The second-order valence-corrected chi connectivity index (χ2v) is 13.4. The Bertz CT molecular complexity index is 2770. The molecule has 0 saturated carbocycles. The summed E-state index contributed by atoms with van der Waals surface area (Å²) in [5.74, 6) is 0.00877. The maximum absolute atomic E-state index is 14.7. The van der Waals surface area contributed by atoms with E-state index in [0.29, 0.717) is 0 Å². The minimum atomic E-state index is -0.611. The Morgan fingerprint density at radius 3 is 1.82 bits per heavy atom. The van der Waals surface area contributed by atoms with E-state index in [9.17, 15) is 4.79 Å². The van der Waals surface area contributed by atoms with Gasteiger partial charge in [-0.05, 0) is 83.3 Å². The Labute approximate surface area is 290 Å². The van der Waals surface area contributed by atoms with Crippen LogP contribution in [-0.2, 0) is 5.41 Å². The predicted molar refractivity (Wildman–Crippen MR) is 205 cm³/mol. The Balaban J connectivity index is 1.35. The number of nitrogens with zero attached hydrogens (tertiary/aromatic N) is 2. The monoisotopic (exact) mass is 640 g/mol.